The van der Waals surface area contributed by atoms with Crippen molar-refractivity contribution in [1.82, 2.24) is 24.3 Å². The number of carbonyl (C=O) groups excluding carboxylic acids is 1. The van der Waals surface area contributed by atoms with Crippen molar-refractivity contribution in [2.24, 2.45) is 7.05 Å². The lowest BCUT2D eigenvalue weighted by Crippen LogP contribution is -2.54. The fourth-order valence-electron chi connectivity index (χ4n) is 2.82. The molecule has 2 saturated heterocycles. The lowest BCUT2D eigenvalue weighted by atomic mass is 10.3. The largest absolute Gasteiger partial charge is 0.378 e. The summed E-state index contributed by atoms with van der Waals surface area (Å²) in [5, 5.41) is 0.649. The molecule has 0 atom stereocenters. The van der Waals surface area contributed by atoms with E-state index >= 15 is 0 Å². The minimum absolute atomic E-state index is 0.142. The number of carbonyl (C=O) groups is 1. The van der Waals surface area contributed by atoms with Crippen LogP contribution in [0.25, 0.3) is 0 Å². The van der Waals surface area contributed by atoms with Crippen LogP contribution in [0, 0.1) is 0 Å². The zero-order chi connectivity index (χ0) is 15.5. The molecule has 122 valence electrons. The Bertz CT molecular complexity index is 521. The Balaban J connectivity index is 1.49. The number of hydrogen-bond donors (Lipinski definition) is 0. The number of urea groups is 1. The Morgan fingerprint density at radius 2 is 1.82 bits per heavy atom. The highest BCUT2D eigenvalue weighted by Gasteiger charge is 2.26. The van der Waals surface area contributed by atoms with Crippen LogP contribution in [0.1, 0.15) is 5.82 Å². The van der Waals surface area contributed by atoms with E-state index in [0.717, 1.165) is 38.5 Å². The standard InChI is InChI=1S/C14H22ClN5O2/c1-17-12(15)10-16-13(17)11-18-2-4-19(5-3-18)14(21)20-6-8-22-9-7-20/h10H,2-9,11H2,1H3. The minimum atomic E-state index is 0.142. The Morgan fingerprint density at radius 3 is 2.41 bits per heavy atom. The molecule has 2 amide bonds. The van der Waals surface area contributed by atoms with E-state index in [4.69, 9.17) is 16.3 Å². The average Bonchev–Trinajstić information content (AvgIpc) is 2.88. The van der Waals surface area contributed by atoms with Gasteiger partial charge in [0.15, 0.2) is 0 Å². The van der Waals surface area contributed by atoms with Gasteiger partial charge in [-0.3, -0.25) is 4.90 Å². The molecule has 7 nitrogen and oxygen atoms in total. The number of ether oxygens (including phenoxy) is 1. The minimum Gasteiger partial charge on any atom is -0.378 e. The van der Waals surface area contributed by atoms with Crippen LogP contribution in [0.3, 0.4) is 0 Å². The normalized spacial score (nSPS) is 20.5. The second-order valence-corrected chi connectivity index (χ2v) is 6.09. The van der Waals surface area contributed by atoms with Gasteiger partial charge in [0.05, 0.1) is 26.0 Å². The van der Waals surface area contributed by atoms with Crippen molar-refractivity contribution < 1.29 is 9.53 Å². The molecular weight excluding hydrogens is 306 g/mol. The summed E-state index contributed by atoms with van der Waals surface area (Å²) in [5.74, 6) is 0.956. The van der Waals surface area contributed by atoms with Crippen molar-refractivity contribution in [3.05, 3.63) is 17.2 Å². The first-order valence-corrected chi connectivity index (χ1v) is 8.03. The lowest BCUT2D eigenvalue weighted by molar-refractivity contribution is 0.0371. The van der Waals surface area contributed by atoms with Crippen LogP contribution in [0.2, 0.25) is 5.15 Å². The zero-order valence-electron chi connectivity index (χ0n) is 12.9. The van der Waals surface area contributed by atoms with Crippen LogP contribution in [0.4, 0.5) is 4.79 Å². The van der Waals surface area contributed by atoms with E-state index in [9.17, 15) is 4.79 Å². The van der Waals surface area contributed by atoms with Gasteiger partial charge in [0.1, 0.15) is 11.0 Å². The monoisotopic (exact) mass is 327 g/mol. The van der Waals surface area contributed by atoms with Crippen molar-refractivity contribution in [2.45, 2.75) is 6.54 Å². The number of morpholine rings is 1. The third-order valence-corrected chi connectivity index (χ3v) is 4.67. The SMILES string of the molecule is Cn1c(Cl)cnc1CN1CCN(C(=O)N2CCOCC2)CC1. The zero-order valence-corrected chi connectivity index (χ0v) is 13.6. The van der Waals surface area contributed by atoms with Crippen LogP contribution in [-0.2, 0) is 18.3 Å². The van der Waals surface area contributed by atoms with E-state index in [2.05, 4.69) is 9.88 Å². The molecular formula is C14H22ClN5O2. The van der Waals surface area contributed by atoms with Crippen molar-refractivity contribution in [1.29, 1.82) is 0 Å². The first kappa shape index (κ1) is 15.6. The number of piperazine rings is 1. The molecule has 0 saturated carbocycles. The number of rotatable bonds is 2. The molecule has 0 aromatic carbocycles. The number of halogens is 1. The molecule has 0 unspecified atom stereocenters. The van der Waals surface area contributed by atoms with Crippen molar-refractivity contribution in [2.75, 3.05) is 52.5 Å². The van der Waals surface area contributed by atoms with Gasteiger partial charge in [-0.15, -0.1) is 0 Å². The summed E-state index contributed by atoms with van der Waals surface area (Å²) in [6.45, 7) is 6.69. The van der Waals surface area contributed by atoms with Crippen LogP contribution in [0.5, 0.6) is 0 Å². The number of hydrogen-bond acceptors (Lipinski definition) is 4. The predicted octanol–water partition coefficient (Wildman–Crippen LogP) is 0.643. The van der Waals surface area contributed by atoms with Gasteiger partial charge in [0.25, 0.3) is 0 Å². The van der Waals surface area contributed by atoms with Crippen molar-refractivity contribution in [3.63, 3.8) is 0 Å². The van der Waals surface area contributed by atoms with E-state index in [1.54, 1.807) is 6.20 Å². The fourth-order valence-corrected chi connectivity index (χ4v) is 2.97. The molecule has 1 aromatic heterocycles. The second kappa shape index (κ2) is 6.85. The summed E-state index contributed by atoms with van der Waals surface area (Å²) >= 11 is 6.01. The Labute approximate surface area is 135 Å². The van der Waals surface area contributed by atoms with Crippen LogP contribution >= 0.6 is 11.6 Å². The summed E-state index contributed by atoms with van der Waals surface area (Å²) in [5.41, 5.74) is 0. The van der Waals surface area contributed by atoms with Crippen LogP contribution < -0.4 is 0 Å². The Hall–Kier alpha value is -1.31. The Morgan fingerprint density at radius 1 is 1.18 bits per heavy atom. The summed E-state index contributed by atoms with van der Waals surface area (Å²) in [6, 6.07) is 0.142. The highest BCUT2D eigenvalue weighted by atomic mass is 35.5. The first-order valence-electron chi connectivity index (χ1n) is 7.65. The molecule has 2 aliphatic heterocycles. The third kappa shape index (κ3) is 3.37. The molecule has 0 aliphatic carbocycles. The molecule has 1 aromatic rings. The van der Waals surface area contributed by atoms with Crippen LogP contribution in [-0.4, -0.2) is 82.8 Å². The van der Waals surface area contributed by atoms with E-state index in [1.165, 1.54) is 0 Å². The highest BCUT2D eigenvalue weighted by molar-refractivity contribution is 6.29. The molecule has 0 N–H and O–H groups in total. The van der Waals surface area contributed by atoms with E-state index in [1.807, 2.05) is 21.4 Å². The number of amides is 2. The maximum Gasteiger partial charge on any atom is 0.320 e. The van der Waals surface area contributed by atoms with Gasteiger partial charge in [-0.2, -0.15) is 0 Å². The maximum atomic E-state index is 12.4. The quantitative estimate of drug-likeness (QED) is 0.800. The second-order valence-electron chi connectivity index (χ2n) is 5.70. The van der Waals surface area contributed by atoms with Crippen molar-refractivity contribution in [3.8, 4) is 0 Å². The molecule has 0 bridgehead atoms. The lowest BCUT2D eigenvalue weighted by Gasteiger charge is -2.38. The smallest absolute Gasteiger partial charge is 0.320 e. The molecule has 3 heterocycles. The fraction of sp³-hybridized carbons (Fsp3) is 0.714. The highest BCUT2D eigenvalue weighted by Crippen LogP contribution is 2.13. The van der Waals surface area contributed by atoms with Crippen molar-refractivity contribution >= 4 is 17.6 Å². The van der Waals surface area contributed by atoms with Gasteiger partial charge in [0.2, 0.25) is 0 Å². The van der Waals surface area contributed by atoms with Gasteiger partial charge in [0, 0.05) is 46.3 Å². The Kier molecular flexibility index (Phi) is 4.85. The average molecular weight is 328 g/mol. The van der Waals surface area contributed by atoms with Crippen LogP contribution in [0.15, 0.2) is 6.20 Å². The topological polar surface area (TPSA) is 53.8 Å². The van der Waals surface area contributed by atoms with E-state index in [-0.39, 0.29) is 6.03 Å². The number of imidazole rings is 1. The molecule has 2 aliphatic rings. The number of nitrogens with zero attached hydrogens (tertiary/aromatic N) is 5. The first-order chi connectivity index (χ1) is 10.6. The van der Waals surface area contributed by atoms with Gasteiger partial charge in [-0.1, -0.05) is 11.6 Å². The summed E-state index contributed by atoms with van der Waals surface area (Å²) in [7, 11) is 1.92. The molecule has 0 radical (unpaired) electrons. The van der Waals surface area contributed by atoms with Gasteiger partial charge in [-0.25, -0.2) is 9.78 Å². The van der Waals surface area contributed by atoms with Gasteiger partial charge < -0.3 is 19.1 Å². The van der Waals surface area contributed by atoms with E-state index < -0.39 is 0 Å². The molecule has 0 spiro atoms. The van der Waals surface area contributed by atoms with Gasteiger partial charge in [-0.05, 0) is 0 Å². The molecule has 22 heavy (non-hydrogen) atoms. The summed E-state index contributed by atoms with van der Waals surface area (Å²) in [4.78, 5) is 22.9. The molecule has 8 heteroatoms. The van der Waals surface area contributed by atoms with Gasteiger partial charge >= 0.3 is 6.03 Å². The molecule has 2 fully saturated rings. The predicted molar refractivity (Wildman–Crippen MR) is 82.9 cm³/mol. The third-order valence-electron chi connectivity index (χ3n) is 4.32. The summed E-state index contributed by atoms with van der Waals surface area (Å²) < 4.78 is 7.19. The number of aromatic nitrogens is 2. The molecule has 3 rings (SSSR count). The van der Waals surface area contributed by atoms with E-state index in [0.29, 0.717) is 31.5 Å². The maximum absolute atomic E-state index is 12.4. The summed E-state index contributed by atoms with van der Waals surface area (Å²) in [6.07, 6.45) is 1.68.